The Morgan fingerprint density at radius 2 is 1.97 bits per heavy atom. The fourth-order valence-electron chi connectivity index (χ4n) is 5.48. The molecule has 1 aromatic heterocycles. The number of aromatic nitrogens is 1. The summed E-state index contributed by atoms with van der Waals surface area (Å²) >= 11 is 0. The topological polar surface area (TPSA) is 109 Å². The van der Waals surface area contributed by atoms with Crippen LogP contribution in [-0.2, 0) is 19.1 Å². The van der Waals surface area contributed by atoms with Gasteiger partial charge in [0.05, 0.1) is 41.4 Å². The van der Waals surface area contributed by atoms with Gasteiger partial charge in [0, 0.05) is 18.5 Å². The highest BCUT2D eigenvalue weighted by molar-refractivity contribution is 5.88. The molecule has 0 unspecified atom stereocenters. The number of esters is 1. The number of hydrogen-bond donors (Lipinski definition) is 2. The van der Waals surface area contributed by atoms with Crippen molar-refractivity contribution in [3.8, 4) is 0 Å². The molecule has 0 saturated carbocycles. The van der Waals surface area contributed by atoms with E-state index >= 15 is 0 Å². The number of carbonyl (C=O) groups excluding carboxylic acids is 2. The molecule has 2 fully saturated rings. The maximum absolute atomic E-state index is 13.7. The van der Waals surface area contributed by atoms with Crippen LogP contribution in [-0.4, -0.2) is 57.0 Å². The molecule has 210 valence electrons. The Hall–Kier alpha value is -2.35. The second kappa shape index (κ2) is 12.7. The van der Waals surface area contributed by atoms with E-state index in [2.05, 4.69) is 18.5 Å². The minimum Gasteiger partial charge on any atom is -0.458 e. The first-order valence-corrected chi connectivity index (χ1v) is 13.9. The lowest BCUT2D eigenvalue weighted by molar-refractivity contribution is -0.154. The number of aliphatic hydroxyl groups is 2. The lowest BCUT2D eigenvalue weighted by atomic mass is 9.71. The smallest absolute Gasteiger partial charge is 0.309 e. The van der Waals surface area contributed by atoms with Crippen LogP contribution in [0, 0.1) is 17.3 Å². The average Bonchev–Trinajstić information content (AvgIpc) is 3.51. The Balaban J connectivity index is 1.88. The number of pyridine rings is 1. The van der Waals surface area contributed by atoms with Crippen molar-refractivity contribution in [2.45, 2.75) is 110 Å². The number of ketones is 1. The van der Waals surface area contributed by atoms with Gasteiger partial charge in [0.25, 0.3) is 0 Å². The van der Waals surface area contributed by atoms with E-state index in [0.717, 1.165) is 30.5 Å². The summed E-state index contributed by atoms with van der Waals surface area (Å²) in [6, 6.07) is 5.62. The monoisotopic (exact) mass is 527 g/mol. The number of epoxide rings is 1. The molecule has 1 aromatic rings. The Morgan fingerprint density at radius 1 is 1.24 bits per heavy atom. The van der Waals surface area contributed by atoms with E-state index in [4.69, 9.17) is 9.47 Å². The average molecular weight is 528 g/mol. The number of nitrogens with zero attached hydrogens (tertiary/aromatic N) is 1. The first-order valence-electron chi connectivity index (χ1n) is 13.9. The third kappa shape index (κ3) is 7.39. The van der Waals surface area contributed by atoms with Crippen molar-refractivity contribution in [3.05, 3.63) is 48.3 Å². The van der Waals surface area contributed by atoms with Gasteiger partial charge >= 0.3 is 5.97 Å². The predicted molar refractivity (Wildman–Crippen MR) is 147 cm³/mol. The molecule has 0 radical (unpaired) electrons. The summed E-state index contributed by atoms with van der Waals surface area (Å²) in [6.07, 6.45) is 6.22. The van der Waals surface area contributed by atoms with E-state index in [9.17, 15) is 19.8 Å². The number of fused-ring (bicyclic) bond motifs is 1. The van der Waals surface area contributed by atoms with E-state index < -0.39 is 35.6 Å². The van der Waals surface area contributed by atoms with Crippen LogP contribution in [0.2, 0.25) is 0 Å². The number of Topliss-reactive ketones (excluding diaryl/α,β-unsaturated/α-hetero) is 1. The standard InChI is InChI=1S/C31H45NO6/c1-7-8-14-23-28(35)20(2)12-11-15-31(6)26(38-31)18-24(21(3)17-22-13-9-10-16-32-22)37-27(34)19-25(33)30(4,5)29(23)36/h7,9-10,13,16-17,20,23-26,28,33,35H,1,8,11-12,14-15,18-19H2,2-6H3/b21-17+/t20-,23-,24+,25-,26-,28+,31-/m1/s1. The van der Waals surface area contributed by atoms with E-state index in [1.807, 2.05) is 38.1 Å². The number of ether oxygens (including phenoxy) is 2. The van der Waals surface area contributed by atoms with Crippen LogP contribution >= 0.6 is 0 Å². The van der Waals surface area contributed by atoms with Crippen molar-refractivity contribution in [2.24, 2.45) is 17.3 Å². The summed E-state index contributed by atoms with van der Waals surface area (Å²) in [4.78, 5) is 31.1. The van der Waals surface area contributed by atoms with Gasteiger partial charge in [-0.2, -0.15) is 0 Å². The summed E-state index contributed by atoms with van der Waals surface area (Å²) in [5.74, 6) is -1.58. The third-order valence-electron chi connectivity index (χ3n) is 8.48. The van der Waals surface area contributed by atoms with Gasteiger partial charge in [0.2, 0.25) is 0 Å². The first-order chi connectivity index (χ1) is 17.9. The Labute approximate surface area is 227 Å². The van der Waals surface area contributed by atoms with Crippen molar-refractivity contribution in [1.82, 2.24) is 4.98 Å². The molecule has 2 aliphatic rings. The Morgan fingerprint density at radius 3 is 2.63 bits per heavy atom. The molecule has 7 nitrogen and oxygen atoms in total. The van der Waals surface area contributed by atoms with Gasteiger partial charge in [0.15, 0.2) is 0 Å². The maximum Gasteiger partial charge on any atom is 0.309 e. The molecule has 0 spiro atoms. The van der Waals surface area contributed by atoms with Gasteiger partial charge in [-0.15, -0.1) is 6.58 Å². The molecular weight excluding hydrogens is 482 g/mol. The van der Waals surface area contributed by atoms with Crippen molar-refractivity contribution in [3.63, 3.8) is 0 Å². The molecule has 0 bridgehead atoms. The van der Waals surface area contributed by atoms with Gasteiger partial charge in [-0.3, -0.25) is 14.6 Å². The van der Waals surface area contributed by atoms with Crippen LogP contribution in [0.1, 0.15) is 85.3 Å². The maximum atomic E-state index is 13.7. The predicted octanol–water partition coefficient (Wildman–Crippen LogP) is 5.05. The van der Waals surface area contributed by atoms with Gasteiger partial charge in [-0.25, -0.2) is 0 Å². The number of rotatable bonds is 5. The summed E-state index contributed by atoms with van der Waals surface area (Å²) in [5.41, 5.74) is 0.0338. The largest absolute Gasteiger partial charge is 0.458 e. The molecule has 2 N–H and O–H groups in total. The van der Waals surface area contributed by atoms with Crippen LogP contribution in [0.15, 0.2) is 42.6 Å². The highest BCUT2D eigenvalue weighted by atomic mass is 16.6. The second-order valence-corrected chi connectivity index (χ2v) is 11.9. The molecule has 0 amide bonds. The van der Waals surface area contributed by atoms with Crippen molar-refractivity contribution >= 4 is 17.8 Å². The lowest BCUT2D eigenvalue weighted by Crippen LogP contribution is -2.46. The number of allylic oxidation sites excluding steroid dienone is 1. The number of aliphatic hydroxyl groups excluding tert-OH is 2. The normalized spacial score (nSPS) is 35.2. The van der Waals surface area contributed by atoms with Crippen LogP contribution in [0.3, 0.4) is 0 Å². The fourth-order valence-corrected chi connectivity index (χ4v) is 5.48. The zero-order valence-electron chi connectivity index (χ0n) is 23.6. The Bertz CT molecular complexity index is 1000. The molecule has 0 aliphatic carbocycles. The SMILES string of the molecule is C=CCC[C@H]1C(=O)C(C)(C)[C@H](O)CC(=O)O[C@H](/C(C)=C/c2ccccn2)C[C@H]2O[C@]2(C)CCC[C@@H](C)[C@@H]1O. The summed E-state index contributed by atoms with van der Waals surface area (Å²) in [7, 11) is 0. The number of carbonyl (C=O) groups is 2. The van der Waals surface area contributed by atoms with Crippen LogP contribution in [0.4, 0.5) is 0 Å². The van der Waals surface area contributed by atoms with Gasteiger partial charge in [-0.1, -0.05) is 39.3 Å². The molecule has 2 aliphatic heterocycles. The van der Waals surface area contributed by atoms with Crippen molar-refractivity contribution in [2.75, 3.05) is 0 Å². The van der Waals surface area contributed by atoms with Gasteiger partial charge in [-0.05, 0) is 69.2 Å². The highest BCUT2D eigenvalue weighted by Gasteiger charge is 2.53. The molecule has 3 rings (SSSR count). The van der Waals surface area contributed by atoms with Crippen molar-refractivity contribution < 1.29 is 29.3 Å². The minimum absolute atomic E-state index is 0.0659. The summed E-state index contributed by atoms with van der Waals surface area (Å²) in [5, 5.41) is 22.3. The van der Waals surface area contributed by atoms with E-state index in [1.165, 1.54) is 0 Å². The number of hydrogen-bond acceptors (Lipinski definition) is 7. The van der Waals surface area contributed by atoms with Crippen molar-refractivity contribution in [1.29, 1.82) is 0 Å². The molecule has 3 heterocycles. The molecule has 38 heavy (non-hydrogen) atoms. The molecule has 7 atom stereocenters. The molecular formula is C31H45NO6. The van der Waals surface area contributed by atoms with E-state index in [-0.39, 0.29) is 29.8 Å². The fraction of sp³-hybridized carbons (Fsp3) is 0.645. The Kier molecular flexibility index (Phi) is 10.1. The highest BCUT2D eigenvalue weighted by Crippen LogP contribution is 2.45. The van der Waals surface area contributed by atoms with Gasteiger partial charge in [0.1, 0.15) is 11.9 Å². The molecule has 2 saturated heterocycles. The zero-order valence-corrected chi connectivity index (χ0v) is 23.6. The van der Waals surface area contributed by atoms with E-state index in [1.54, 1.807) is 26.1 Å². The second-order valence-electron chi connectivity index (χ2n) is 11.9. The first kappa shape index (κ1) is 30.2. The minimum atomic E-state index is -1.26. The number of cyclic esters (lactones) is 1. The lowest BCUT2D eigenvalue weighted by Gasteiger charge is -2.36. The van der Waals surface area contributed by atoms with Crippen LogP contribution < -0.4 is 0 Å². The molecule has 7 heteroatoms. The van der Waals surface area contributed by atoms with Gasteiger partial charge < -0.3 is 19.7 Å². The van der Waals surface area contributed by atoms with E-state index in [0.29, 0.717) is 19.3 Å². The molecule has 0 aromatic carbocycles. The van der Waals surface area contributed by atoms with Crippen LogP contribution in [0.25, 0.3) is 6.08 Å². The van der Waals surface area contributed by atoms with Crippen LogP contribution in [0.5, 0.6) is 0 Å². The zero-order chi connectivity index (χ0) is 28.1. The quantitative estimate of drug-likeness (QED) is 0.313. The third-order valence-corrected chi connectivity index (χ3v) is 8.48. The summed E-state index contributed by atoms with van der Waals surface area (Å²) < 4.78 is 12.0. The summed E-state index contributed by atoms with van der Waals surface area (Å²) in [6.45, 7) is 13.0.